The number of likely N-dealkylation sites (tertiary alicyclic amines) is 1. The van der Waals surface area contributed by atoms with E-state index in [1.165, 1.54) is 24.3 Å². The number of nitriles is 1. The van der Waals surface area contributed by atoms with E-state index in [4.69, 9.17) is 4.74 Å². The molecule has 1 spiro atoms. The molecule has 2 aliphatic heterocycles. The van der Waals surface area contributed by atoms with Crippen LogP contribution in [0.25, 0.3) is 22.2 Å². The van der Waals surface area contributed by atoms with E-state index in [0.29, 0.717) is 11.4 Å². The van der Waals surface area contributed by atoms with Crippen LogP contribution in [-0.2, 0) is 16.6 Å². The number of carbonyl (C=O) groups is 2. The van der Waals surface area contributed by atoms with Crippen LogP contribution in [0.3, 0.4) is 0 Å². The molecule has 0 radical (unpaired) electrons. The number of nitrogens with one attached hydrogen (secondary N) is 2. The fourth-order valence-corrected chi connectivity index (χ4v) is 7.44. The summed E-state index contributed by atoms with van der Waals surface area (Å²) in [6, 6.07) is 24.6. The van der Waals surface area contributed by atoms with E-state index in [9.17, 15) is 23.3 Å². The van der Waals surface area contributed by atoms with E-state index in [2.05, 4.69) is 26.1 Å². The van der Waals surface area contributed by atoms with Gasteiger partial charge in [0.15, 0.2) is 5.72 Å². The molecule has 4 bridgehead atoms. The van der Waals surface area contributed by atoms with E-state index >= 15 is 0 Å². The Morgan fingerprint density at radius 3 is 2.46 bits per heavy atom. The van der Waals surface area contributed by atoms with Gasteiger partial charge in [-0.15, -0.1) is 0 Å². The highest BCUT2D eigenvalue weighted by Gasteiger charge is 2.41. The first kappa shape index (κ1) is 30.9. The number of hydrogen-bond donors (Lipinski definition) is 2. The van der Waals surface area contributed by atoms with Crippen LogP contribution in [0.1, 0.15) is 44.8 Å². The molecule has 12 nitrogen and oxygen atoms in total. The molecule has 2 aromatic heterocycles. The Morgan fingerprint density at radius 2 is 1.71 bits per heavy atom. The third kappa shape index (κ3) is 5.60. The van der Waals surface area contributed by atoms with Gasteiger partial charge in [-0.25, -0.2) is 18.1 Å². The summed E-state index contributed by atoms with van der Waals surface area (Å²) in [6.45, 7) is 4.34. The van der Waals surface area contributed by atoms with Crippen molar-refractivity contribution in [2.24, 2.45) is 0 Å². The van der Waals surface area contributed by atoms with Crippen LogP contribution in [0, 0.1) is 25.2 Å². The Morgan fingerprint density at radius 1 is 0.979 bits per heavy atom. The molecule has 3 aromatic carbocycles. The number of hydrogen-bond acceptors (Lipinski definition) is 8. The van der Waals surface area contributed by atoms with E-state index in [-0.39, 0.29) is 60.7 Å². The Bertz CT molecular complexity index is 2250. The van der Waals surface area contributed by atoms with E-state index in [0.717, 1.165) is 27.6 Å². The van der Waals surface area contributed by atoms with Crippen LogP contribution < -0.4 is 14.8 Å². The highest BCUT2D eigenvalue weighted by molar-refractivity contribution is 7.92. The summed E-state index contributed by atoms with van der Waals surface area (Å²) in [4.78, 5) is 38.1. The molecule has 0 saturated carbocycles. The lowest BCUT2D eigenvalue weighted by Crippen LogP contribution is -2.59. The standard InChI is InChI=1S/C35H31N7O5S/c1-22-7-5-8-23(2)31(22)27-21-30-38-34(37-27)40-48(45,46)26-11-6-10-25(19-26)32(43)39-35(47-30)13-16-41(17-14-35)33(44)29-20-24-9-3-4-12-28(24)42(29)18-15-36/h3-12,19-21H,13-14,16-18H2,1-2H3,(H,39,43)(H,37,38,40). The lowest BCUT2D eigenvalue weighted by atomic mass is 9.98. The number of benzene rings is 3. The van der Waals surface area contributed by atoms with Crippen molar-refractivity contribution in [1.29, 1.82) is 5.26 Å². The fourth-order valence-electron chi connectivity index (χ4n) is 6.45. The molecule has 2 N–H and O–H groups in total. The minimum Gasteiger partial charge on any atom is -0.451 e. The highest BCUT2D eigenvalue weighted by Crippen LogP contribution is 2.34. The number of amides is 2. The minimum atomic E-state index is -4.16. The van der Waals surface area contributed by atoms with Crippen LogP contribution in [0.15, 0.2) is 83.8 Å². The van der Waals surface area contributed by atoms with Crippen LogP contribution >= 0.6 is 0 Å². The van der Waals surface area contributed by atoms with Crippen molar-refractivity contribution in [3.05, 3.63) is 101 Å². The first-order valence-corrected chi connectivity index (χ1v) is 16.9. The lowest BCUT2D eigenvalue weighted by Gasteiger charge is -2.42. The molecule has 0 unspecified atom stereocenters. The van der Waals surface area contributed by atoms with Crippen molar-refractivity contribution in [2.45, 2.75) is 43.9 Å². The zero-order valence-electron chi connectivity index (χ0n) is 26.2. The number of anilines is 1. The van der Waals surface area contributed by atoms with Gasteiger partial charge in [0.2, 0.25) is 11.8 Å². The molecule has 13 heteroatoms. The maximum absolute atomic E-state index is 13.9. The molecule has 5 aromatic rings. The number of ether oxygens (including phenoxy) is 1. The number of rotatable bonds is 3. The maximum atomic E-state index is 13.9. The smallest absolute Gasteiger partial charge is 0.270 e. The molecular formula is C35H31N7O5S. The first-order chi connectivity index (χ1) is 23.1. The number of nitrogens with zero attached hydrogens (tertiary/aromatic N) is 5. The number of aromatic nitrogens is 3. The van der Waals surface area contributed by atoms with Crippen molar-refractivity contribution in [3.8, 4) is 23.2 Å². The van der Waals surface area contributed by atoms with Crippen molar-refractivity contribution in [1.82, 2.24) is 24.8 Å². The van der Waals surface area contributed by atoms with Crippen molar-refractivity contribution in [2.75, 3.05) is 17.8 Å². The predicted molar refractivity (Wildman–Crippen MR) is 178 cm³/mol. The molecule has 2 aliphatic rings. The second kappa shape index (κ2) is 11.8. The van der Waals surface area contributed by atoms with Crippen molar-refractivity contribution in [3.63, 3.8) is 0 Å². The number of aryl methyl sites for hydroxylation is 2. The van der Waals surface area contributed by atoms with Crippen LogP contribution in [0.5, 0.6) is 5.88 Å². The van der Waals surface area contributed by atoms with Gasteiger partial charge in [-0.05, 0) is 55.3 Å². The molecule has 48 heavy (non-hydrogen) atoms. The Hall–Kier alpha value is -5.74. The molecular weight excluding hydrogens is 630 g/mol. The number of sulfonamides is 1. The van der Waals surface area contributed by atoms with Gasteiger partial charge in [0.05, 0.1) is 16.7 Å². The molecule has 4 heterocycles. The van der Waals surface area contributed by atoms with Crippen LogP contribution in [-0.4, -0.2) is 58.5 Å². The average Bonchev–Trinajstić information content (AvgIpc) is 3.42. The quantitative estimate of drug-likeness (QED) is 0.279. The largest absolute Gasteiger partial charge is 0.451 e. The summed E-state index contributed by atoms with van der Waals surface area (Å²) >= 11 is 0. The monoisotopic (exact) mass is 661 g/mol. The van der Waals surface area contributed by atoms with Gasteiger partial charge in [0.25, 0.3) is 21.8 Å². The molecule has 242 valence electrons. The zero-order chi connectivity index (χ0) is 33.6. The maximum Gasteiger partial charge on any atom is 0.270 e. The van der Waals surface area contributed by atoms with E-state index in [1.54, 1.807) is 21.6 Å². The van der Waals surface area contributed by atoms with Crippen LogP contribution in [0.2, 0.25) is 0 Å². The fraction of sp³-hybridized carbons (Fsp3) is 0.229. The Labute approximate surface area is 277 Å². The molecule has 7 rings (SSSR count). The van der Waals surface area contributed by atoms with Gasteiger partial charge < -0.3 is 19.5 Å². The van der Waals surface area contributed by atoms with Crippen LogP contribution in [0.4, 0.5) is 5.95 Å². The minimum absolute atomic E-state index is 0.0209. The van der Waals surface area contributed by atoms with Gasteiger partial charge in [0, 0.05) is 54.0 Å². The van der Waals surface area contributed by atoms with E-state index < -0.39 is 21.7 Å². The molecule has 1 fully saturated rings. The number of piperidine rings is 1. The third-order valence-electron chi connectivity index (χ3n) is 8.83. The highest BCUT2D eigenvalue weighted by atomic mass is 32.2. The first-order valence-electron chi connectivity index (χ1n) is 15.4. The zero-order valence-corrected chi connectivity index (χ0v) is 27.0. The Balaban J connectivity index is 1.27. The van der Waals surface area contributed by atoms with Crippen molar-refractivity contribution < 1.29 is 22.7 Å². The predicted octanol–water partition coefficient (Wildman–Crippen LogP) is 4.79. The average molecular weight is 662 g/mol. The SMILES string of the molecule is Cc1cccc(C)c1-c1cc2nc(n1)NS(=O)(=O)c1cccc(c1)C(=O)NC1(CCN(C(=O)c3cc4ccccc4n3CC#N)CC1)O2. The summed E-state index contributed by atoms with van der Waals surface area (Å²) in [7, 11) is -4.16. The number of fused-ring (bicyclic) bond motifs is 5. The summed E-state index contributed by atoms with van der Waals surface area (Å²) in [5, 5.41) is 13.4. The lowest BCUT2D eigenvalue weighted by molar-refractivity contribution is -0.0201. The van der Waals surface area contributed by atoms with E-state index in [1.807, 2.05) is 56.3 Å². The van der Waals surface area contributed by atoms with Gasteiger partial charge in [-0.2, -0.15) is 10.2 Å². The summed E-state index contributed by atoms with van der Waals surface area (Å²) < 4.78 is 37.5. The molecule has 2 amide bonds. The number of carbonyl (C=O) groups excluding carboxylic acids is 2. The number of para-hydroxylation sites is 1. The molecule has 0 aliphatic carbocycles. The van der Waals surface area contributed by atoms with Gasteiger partial charge in [-0.1, -0.05) is 42.5 Å². The topological polar surface area (TPSA) is 159 Å². The Kier molecular flexibility index (Phi) is 7.60. The second-order valence-corrected chi connectivity index (χ2v) is 13.7. The van der Waals surface area contributed by atoms with Gasteiger partial charge >= 0.3 is 0 Å². The van der Waals surface area contributed by atoms with Crippen molar-refractivity contribution >= 4 is 38.7 Å². The molecule has 1 saturated heterocycles. The van der Waals surface area contributed by atoms with Gasteiger partial charge in [-0.3, -0.25) is 9.59 Å². The van der Waals surface area contributed by atoms with Gasteiger partial charge in [0.1, 0.15) is 12.2 Å². The third-order valence-corrected chi connectivity index (χ3v) is 10.2. The second-order valence-electron chi connectivity index (χ2n) is 12.0. The summed E-state index contributed by atoms with van der Waals surface area (Å²) in [5.74, 6) is -0.903. The normalized spacial score (nSPS) is 16.5. The summed E-state index contributed by atoms with van der Waals surface area (Å²) in [5.41, 5.74) is 3.11. The molecule has 0 atom stereocenters. The summed E-state index contributed by atoms with van der Waals surface area (Å²) in [6.07, 6.45) is 0.402.